The van der Waals surface area contributed by atoms with E-state index in [4.69, 9.17) is 4.74 Å². The fourth-order valence-electron chi connectivity index (χ4n) is 2.90. The van der Waals surface area contributed by atoms with Gasteiger partial charge < -0.3 is 9.84 Å². The summed E-state index contributed by atoms with van der Waals surface area (Å²) in [6.07, 6.45) is -1.80. The van der Waals surface area contributed by atoms with E-state index in [0.717, 1.165) is 31.4 Å². The molecule has 2 atom stereocenters. The first-order chi connectivity index (χ1) is 10.3. The van der Waals surface area contributed by atoms with Gasteiger partial charge in [-0.05, 0) is 50.4 Å². The molecule has 3 nitrogen and oxygen atoms in total. The lowest BCUT2D eigenvalue weighted by Crippen LogP contribution is -2.31. The van der Waals surface area contributed by atoms with Crippen molar-refractivity contribution in [2.24, 2.45) is 0 Å². The Labute approximate surface area is 128 Å². The molecule has 1 aliphatic heterocycles. The van der Waals surface area contributed by atoms with Crippen LogP contribution in [0.15, 0.2) is 24.3 Å². The van der Waals surface area contributed by atoms with Crippen LogP contribution in [0.3, 0.4) is 0 Å². The Kier molecular flexibility index (Phi) is 5.69. The first-order valence-electron chi connectivity index (χ1n) is 7.54. The molecule has 22 heavy (non-hydrogen) atoms. The number of aliphatic hydroxyl groups is 1. The number of ether oxygens (including phenoxy) is 1. The van der Waals surface area contributed by atoms with E-state index in [9.17, 15) is 18.3 Å². The molecule has 0 aromatic heterocycles. The van der Waals surface area contributed by atoms with Crippen molar-refractivity contribution < 1.29 is 23.0 Å². The largest absolute Gasteiger partial charge is 0.484 e. The van der Waals surface area contributed by atoms with Crippen LogP contribution in [-0.4, -0.2) is 41.5 Å². The van der Waals surface area contributed by atoms with Gasteiger partial charge in [0.25, 0.3) is 0 Å². The molecule has 1 saturated heterocycles. The van der Waals surface area contributed by atoms with E-state index in [2.05, 4.69) is 4.90 Å². The molecule has 1 aliphatic rings. The summed E-state index contributed by atoms with van der Waals surface area (Å²) in [7, 11) is 0. The van der Waals surface area contributed by atoms with E-state index in [1.165, 1.54) is 6.07 Å². The van der Waals surface area contributed by atoms with Crippen molar-refractivity contribution in [2.45, 2.75) is 51.1 Å². The number of halogens is 3. The van der Waals surface area contributed by atoms with Crippen molar-refractivity contribution in [1.82, 2.24) is 4.90 Å². The Morgan fingerprint density at radius 2 is 2.18 bits per heavy atom. The highest BCUT2D eigenvalue weighted by molar-refractivity contribution is 5.28. The van der Waals surface area contributed by atoms with Gasteiger partial charge in [0, 0.05) is 12.6 Å². The Morgan fingerprint density at radius 1 is 1.41 bits per heavy atom. The predicted octanol–water partition coefficient (Wildman–Crippen LogP) is 3.36. The number of benzene rings is 1. The number of hydrogen-bond donors (Lipinski definition) is 1. The number of aliphatic hydroxyl groups excluding tert-OH is 1. The summed E-state index contributed by atoms with van der Waals surface area (Å²) < 4.78 is 41.3. The topological polar surface area (TPSA) is 32.7 Å². The van der Waals surface area contributed by atoms with Gasteiger partial charge in [0.2, 0.25) is 0 Å². The lowest BCUT2D eigenvalue weighted by molar-refractivity contribution is -0.153. The van der Waals surface area contributed by atoms with Crippen LogP contribution in [-0.2, 0) is 6.54 Å². The van der Waals surface area contributed by atoms with Gasteiger partial charge in [-0.15, -0.1) is 0 Å². The van der Waals surface area contributed by atoms with Gasteiger partial charge in [-0.3, -0.25) is 4.90 Å². The second-order valence-electron chi connectivity index (χ2n) is 5.90. The zero-order chi connectivity index (χ0) is 16.2. The standard InChI is InChI=1S/C16H22F3NO2/c1-12(21)8-14-5-3-7-20(14)10-13-4-2-6-15(9-13)22-11-16(17,18)19/h2,4,6,9,12,14,21H,3,5,7-8,10-11H2,1H3. The number of likely N-dealkylation sites (tertiary alicyclic amines) is 1. The van der Waals surface area contributed by atoms with Crippen LogP contribution in [0.1, 0.15) is 31.7 Å². The molecule has 124 valence electrons. The number of nitrogens with zero attached hydrogens (tertiary/aromatic N) is 1. The van der Waals surface area contributed by atoms with E-state index in [0.29, 0.717) is 12.6 Å². The lowest BCUT2D eigenvalue weighted by Gasteiger charge is -2.25. The van der Waals surface area contributed by atoms with E-state index < -0.39 is 12.8 Å². The molecule has 0 saturated carbocycles. The van der Waals surface area contributed by atoms with Gasteiger partial charge in [-0.25, -0.2) is 0 Å². The normalized spacial score (nSPS) is 21.0. The summed E-state index contributed by atoms with van der Waals surface area (Å²) in [5.41, 5.74) is 0.928. The van der Waals surface area contributed by atoms with Gasteiger partial charge >= 0.3 is 6.18 Å². The monoisotopic (exact) mass is 317 g/mol. The zero-order valence-electron chi connectivity index (χ0n) is 12.6. The Balaban J connectivity index is 1.95. The minimum Gasteiger partial charge on any atom is -0.484 e. The molecule has 0 radical (unpaired) electrons. The Bertz CT molecular complexity index is 477. The summed E-state index contributed by atoms with van der Waals surface area (Å²) in [6.45, 7) is 2.12. The summed E-state index contributed by atoms with van der Waals surface area (Å²) in [5.74, 6) is 0.237. The number of hydrogen-bond acceptors (Lipinski definition) is 3. The first-order valence-corrected chi connectivity index (χ1v) is 7.54. The smallest absolute Gasteiger partial charge is 0.422 e. The maximum Gasteiger partial charge on any atom is 0.422 e. The van der Waals surface area contributed by atoms with Crippen molar-refractivity contribution in [3.63, 3.8) is 0 Å². The molecule has 1 aromatic carbocycles. The second-order valence-corrected chi connectivity index (χ2v) is 5.90. The molecule has 0 aliphatic carbocycles. The maximum absolute atomic E-state index is 12.2. The van der Waals surface area contributed by atoms with Crippen molar-refractivity contribution >= 4 is 0 Å². The summed E-state index contributed by atoms with van der Waals surface area (Å²) >= 11 is 0. The Hall–Kier alpha value is -1.27. The lowest BCUT2D eigenvalue weighted by atomic mass is 10.1. The van der Waals surface area contributed by atoms with Crippen LogP contribution < -0.4 is 4.74 Å². The molecule has 2 rings (SSSR count). The molecule has 2 unspecified atom stereocenters. The third kappa shape index (κ3) is 5.50. The van der Waals surface area contributed by atoms with Gasteiger partial charge in [0.1, 0.15) is 5.75 Å². The Morgan fingerprint density at radius 3 is 2.86 bits per heavy atom. The second kappa shape index (κ2) is 7.33. The summed E-state index contributed by atoms with van der Waals surface area (Å²) in [5, 5.41) is 9.53. The van der Waals surface area contributed by atoms with E-state index in [-0.39, 0.29) is 11.9 Å². The van der Waals surface area contributed by atoms with Gasteiger partial charge in [0.15, 0.2) is 6.61 Å². The third-order valence-corrected chi connectivity index (χ3v) is 3.80. The van der Waals surface area contributed by atoms with Crippen molar-refractivity contribution in [3.05, 3.63) is 29.8 Å². The first kappa shape index (κ1) is 17.1. The van der Waals surface area contributed by atoms with Crippen LogP contribution in [0.5, 0.6) is 5.75 Å². The minimum absolute atomic E-state index is 0.237. The van der Waals surface area contributed by atoms with Crippen LogP contribution in [0.4, 0.5) is 13.2 Å². The number of rotatable bonds is 6. The molecule has 1 N–H and O–H groups in total. The quantitative estimate of drug-likeness (QED) is 0.873. The molecule has 0 amide bonds. The maximum atomic E-state index is 12.2. The molecular formula is C16H22F3NO2. The zero-order valence-corrected chi connectivity index (χ0v) is 12.6. The van der Waals surface area contributed by atoms with E-state index in [1.54, 1.807) is 19.1 Å². The van der Waals surface area contributed by atoms with Crippen LogP contribution in [0, 0.1) is 0 Å². The predicted molar refractivity (Wildman–Crippen MR) is 77.7 cm³/mol. The average molecular weight is 317 g/mol. The highest BCUT2D eigenvalue weighted by atomic mass is 19.4. The van der Waals surface area contributed by atoms with Crippen LogP contribution in [0.25, 0.3) is 0 Å². The van der Waals surface area contributed by atoms with E-state index in [1.807, 2.05) is 6.07 Å². The van der Waals surface area contributed by atoms with Gasteiger partial charge in [-0.2, -0.15) is 13.2 Å². The SMILES string of the molecule is CC(O)CC1CCCN1Cc1cccc(OCC(F)(F)F)c1. The molecular weight excluding hydrogens is 295 g/mol. The molecule has 0 bridgehead atoms. The third-order valence-electron chi connectivity index (χ3n) is 3.80. The highest BCUT2D eigenvalue weighted by Crippen LogP contribution is 2.25. The van der Waals surface area contributed by atoms with Gasteiger partial charge in [0.05, 0.1) is 6.10 Å². The molecule has 1 aromatic rings. The molecule has 1 fully saturated rings. The molecule has 1 heterocycles. The minimum atomic E-state index is -4.33. The van der Waals surface area contributed by atoms with Crippen molar-refractivity contribution in [1.29, 1.82) is 0 Å². The number of alkyl halides is 3. The summed E-state index contributed by atoms with van der Waals surface area (Å²) in [6, 6.07) is 7.12. The molecule has 0 spiro atoms. The van der Waals surface area contributed by atoms with Crippen LogP contribution in [0.2, 0.25) is 0 Å². The average Bonchev–Trinajstić information content (AvgIpc) is 2.83. The van der Waals surface area contributed by atoms with Crippen molar-refractivity contribution in [2.75, 3.05) is 13.2 Å². The highest BCUT2D eigenvalue weighted by Gasteiger charge is 2.28. The molecule has 6 heteroatoms. The van der Waals surface area contributed by atoms with Crippen LogP contribution >= 0.6 is 0 Å². The fraction of sp³-hybridized carbons (Fsp3) is 0.625. The summed E-state index contributed by atoms with van der Waals surface area (Å²) in [4.78, 5) is 2.27. The van der Waals surface area contributed by atoms with Gasteiger partial charge in [-0.1, -0.05) is 12.1 Å². The van der Waals surface area contributed by atoms with E-state index >= 15 is 0 Å². The van der Waals surface area contributed by atoms with Crippen molar-refractivity contribution in [3.8, 4) is 5.75 Å². The fourth-order valence-corrected chi connectivity index (χ4v) is 2.90.